The molecule has 1 N–H and O–H groups in total. The maximum absolute atomic E-state index is 12.3. The van der Waals surface area contributed by atoms with Gasteiger partial charge in [0.25, 0.3) is 11.8 Å². The van der Waals surface area contributed by atoms with Gasteiger partial charge in [-0.1, -0.05) is 52.1 Å². The lowest BCUT2D eigenvalue weighted by Crippen LogP contribution is -2.32. The summed E-state index contributed by atoms with van der Waals surface area (Å²) in [4.78, 5) is 51.5. The van der Waals surface area contributed by atoms with Gasteiger partial charge < -0.3 is 10.2 Å². The van der Waals surface area contributed by atoms with Crippen molar-refractivity contribution in [2.45, 2.75) is 62.5 Å². The van der Waals surface area contributed by atoms with E-state index in [0.717, 1.165) is 19.3 Å². The smallest absolute Gasteiger partial charge is 0.333 e. The van der Waals surface area contributed by atoms with Crippen LogP contribution in [0.3, 0.4) is 0 Å². The van der Waals surface area contributed by atoms with E-state index in [9.17, 15) is 19.2 Å². The topological polar surface area (TPSA) is 92.8 Å². The Morgan fingerprint density at radius 1 is 1.19 bits per heavy atom. The van der Waals surface area contributed by atoms with Gasteiger partial charge in [0.15, 0.2) is 0 Å². The van der Waals surface area contributed by atoms with E-state index in [2.05, 4.69) is 51.0 Å². The zero-order chi connectivity index (χ0) is 20.2. The van der Waals surface area contributed by atoms with E-state index in [-0.39, 0.29) is 40.2 Å². The molecule has 0 spiro atoms. The Labute approximate surface area is 176 Å². The van der Waals surface area contributed by atoms with Crippen molar-refractivity contribution in [2.75, 3.05) is 6.54 Å². The van der Waals surface area contributed by atoms with E-state index in [1.165, 1.54) is 0 Å². The molecular formula is C18H26Br2N2O5. The van der Waals surface area contributed by atoms with Gasteiger partial charge in [-0.05, 0) is 30.6 Å². The van der Waals surface area contributed by atoms with Crippen LogP contribution in [0.15, 0.2) is 0 Å². The summed E-state index contributed by atoms with van der Waals surface area (Å²) >= 11 is 6.95. The monoisotopic (exact) mass is 508 g/mol. The molecule has 0 bridgehead atoms. The number of carbonyl (C=O) groups is 4. The minimum Gasteiger partial charge on any atom is -0.356 e. The number of amides is 3. The van der Waals surface area contributed by atoms with Gasteiger partial charge in [-0.3, -0.25) is 14.4 Å². The van der Waals surface area contributed by atoms with Crippen LogP contribution in [-0.4, -0.2) is 39.0 Å². The first-order valence-electron chi connectivity index (χ1n) is 9.27. The predicted octanol–water partition coefficient (Wildman–Crippen LogP) is 3.05. The van der Waals surface area contributed by atoms with Gasteiger partial charge in [-0.2, -0.15) is 0 Å². The molecule has 2 atom stereocenters. The van der Waals surface area contributed by atoms with Gasteiger partial charge in [0.1, 0.15) is 0 Å². The van der Waals surface area contributed by atoms with Crippen LogP contribution in [0.25, 0.3) is 0 Å². The molecule has 9 heteroatoms. The van der Waals surface area contributed by atoms with Crippen LogP contribution in [-0.2, 0) is 24.0 Å². The summed E-state index contributed by atoms with van der Waals surface area (Å²) in [6, 6.07) is 0. The fourth-order valence-electron chi connectivity index (χ4n) is 3.59. The Hall–Kier alpha value is -0.960. The molecule has 152 valence electrons. The van der Waals surface area contributed by atoms with E-state index < -0.39 is 17.8 Å². The summed E-state index contributed by atoms with van der Waals surface area (Å²) in [6.07, 6.45) is 3.33. The summed E-state index contributed by atoms with van der Waals surface area (Å²) in [7, 11) is 0. The third kappa shape index (κ3) is 6.01. The number of hydrogen-bond acceptors (Lipinski definition) is 5. The highest BCUT2D eigenvalue weighted by Gasteiger charge is 2.61. The fourth-order valence-corrected chi connectivity index (χ4v) is 4.40. The second kappa shape index (κ2) is 9.49. The highest BCUT2D eigenvalue weighted by molar-refractivity contribution is 9.24. The summed E-state index contributed by atoms with van der Waals surface area (Å²) < 4.78 is 0.220. The molecule has 27 heavy (non-hydrogen) atoms. The number of rotatable bonds is 10. The van der Waals surface area contributed by atoms with Gasteiger partial charge in [0, 0.05) is 31.7 Å². The van der Waals surface area contributed by atoms with Gasteiger partial charge in [-0.15, -0.1) is 5.06 Å². The number of alkyl halides is 2. The molecule has 2 fully saturated rings. The highest BCUT2D eigenvalue weighted by atomic mass is 79.9. The second-order valence-corrected chi connectivity index (χ2v) is 11.1. The number of hydroxylamine groups is 2. The van der Waals surface area contributed by atoms with Crippen molar-refractivity contribution in [1.82, 2.24) is 10.4 Å². The maximum atomic E-state index is 12.3. The van der Waals surface area contributed by atoms with E-state index in [1.54, 1.807) is 0 Å². The highest BCUT2D eigenvalue weighted by Crippen LogP contribution is 2.61. The first-order chi connectivity index (χ1) is 12.6. The van der Waals surface area contributed by atoms with Gasteiger partial charge in [0.2, 0.25) is 5.91 Å². The van der Waals surface area contributed by atoms with Crippen LogP contribution in [0.5, 0.6) is 0 Å². The van der Waals surface area contributed by atoms with Crippen molar-refractivity contribution in [1.29, 1.82) is 0 Å². The standard InChI is InChI=1S/C18H26Br2N2O5/c1-18(2)11(10-12(19)20)16(18)17(26)21-9-5-3-4-6-15(25)27-22-13(23)7-8-14(22)24/h11-12,16H,3-10H2,1-2H3,(H,21,26). The molecule has 0 radical (unpaired) electrons. The Bertz CT molecular complexity index is 593. The number of hydrogen-bond donors (Lipinski definition) is 1. The van der Waals surface area contributed by atoms with Gasteiger partial charge in [0.05, 0.1) is 3.74 Å². The van der Waals surface area contributed by atoms with Crippen molar-refractivity contribution in [3.05, 3.63) is 0 Å². The second-order valence-electron chi connectivity index (χ2n) is 7.68. The molecule has 2 unspecified atom stereocenters. The number of halogens is 2. The number of carbonyl (C=O) groups excluding carboxylic acids is 4. The normalized spacial score (nSPS) is 23.7. The van der Waals surface area contributed by atoms with Crippen molar-refractivity contribution in [3.63, 3.8) is 0 Å². The molecule has 1 aliphatic heterocycles. The molecule has 0 aromatic heterocycles. The third-order valence-corrected chi connectivity index (χ3v) is 6.07. The number of imide groups is 1. The lowest BCUT2D eigenvalue weighted by Gasteiger charge is -2.12. The van der Waals surface area contributed by atoms with Crippen molar-refractivity contribution in [3.8, 4) is 0 Å². The van der Waals surface area contributed by atoms with Crippen LogP contribution in [0.2, 0.25) is 0 Å². The molecule has 2 rings (SSSR count). The first kappa shape index (κ1) is 22.3. The SMILES string of the molecule is CC1(C)C(CC(Br)Br)C1C(=O)NCCCCCC(=O)ON1C(=O)CCC1=O. The van der Waals surface area contributed by atoms with E-state index in [4.69, 9.17) is 4.84 Å². The van der Waals surface area contributed by atoms with Crippen LogP contribution < -0.4 is 5.32 Å². The van der Waals surface area contributed by atoms with Gasteiger partial charge in [-0.25, -0.2) is 4.79 Å². The average molecular weight is 510 g/mol. The molecular weight excluding hydrogens is 484 g/mol. The zero-order valence-corrected chi connectivity index (χ0v) is 18.8. The minimum absolute atomic E-state index is 0.0259. The molecule has 1 saturated heterocycles. The number of unbranched alkanes of at least 4 members (excludes halogenated alkanes) is 2. The maximum Gasteiger partial charge on any atom is 0.333 e. The molecule has 1 heterocycles. The van der Waals surface area contributed by atoms with Crippen LogP contribution >= 0.6 is 31.9 Å². The largest absolute Gasteiger partial charge is 0.356 e. The zero-order valence-electron chi connectivity index (χ0n) is 15.6. The molecule has 1 aliphatic carbocycles. The average Bonchev–Trinajstić information content (AvgIpc) is 2.96. The summed E-state index contributed by atoms with van der Waals surface area (Å²) in [5.74, 6) is -1.01. The van der Waals surface area contributed by atoms with E-state index >= 15 is 0 Å². The Balaban J connectivity index is 1.56. The summed E-state index contributed by atoms with van der Waals surface area (Å²) in [5, 5.41) is 3.55. The lowest BCUT2D eigenvalue weighted by atomic mass is 10.1. The van der Waals surface area contributed by atoms with Crippen molar-refractivity contribution >= 4 is 55.6 Å². The van der Waals surface area contributed by atoms with Crippen molar-refractivity contribution in [2.24, 2.45) is 17.3 Å². The van der Waals surface area contributed by atoms with Gasteiger partial charge >= 0.3 is 5.97 Å². The Morgan fingerprint density at radius 3 is 2.41 bits per heavy atom. The number of nitrogens with zero attached hydrogens (tertiary/aromatic N) is 1. The molecule has 2 aliphatic rings. The van der Waals surface area contributed by atoms with Crippen LogP contribution in [0, 0.1) is 17.3 Å². The molecule has 7 nitrogen and oxygen atoms in total. The quantitative estimate of drug-likeness (QED) is 0.277. The van der Waals surface area contributed by atoms with Crippen molar-refractivity contribution < 1.29 is 24.0 Å². The number of nitrogens with one attached hydrogen (secondary N) is 1. The predicted molar refractivity (Wildman–Crippen MR) is 106 cm³/mol. The molecule has 0 aromatic rings. The summed E-state index contributed by atoms with van der Waals surface area (Å²) in [5.41, 5.74) is 0.0259. The Morgan fingerprint density at radius 2 is 1.81 bits per heavy atom. The van der Waals surface area contributed by atoms with Crippen LogP contribution in [0.4, 0.5) is 0 Å². The Kier molecular flexibility index (Phi) is 7.85. The van der Waals surface area contributed by atoms with E-state index in [1.807, 2.05) is 0 Å². The minimum atomic E-state index is -0.579. The van der Waals surface area contributed by atoms with Crippen LogP contribution in [0.1, 0.15) is 58.8 Å². The van der Waals surface area contributed by atoms with E-state index in [0.29, 0.717) is 23.9 Å². The molecule has 0 aromatic carbocycles. The lowest BCUT2D eigenvalue weighted by molar-refractivity contribution is -0.197. The molecule has 3 amide bonds. The molecule has 1 saturated carbocycles. The first-order valence-corrected chi connectivity index (χ1v) is 11.1. The third-order valence-electron chi connectivity index (χ3n) is 5.32. The summed E-state index contributed by atoms with van der Waals surface area (Å²) in [6.45, 7) is 4.81. The fraction of sp³-hybridized carbons (Fsp3) is 0.778.